The minimum atomic E-state index is -1.59. The minimum Gasteiger partial charge on any atom is -0.397 e. The van der Waals surface area contributed by atoms with Gasteiger partial charge in [-0.05, 0) is 48.6 Å². The van der Waals surface area contributed by atoms with Crippen LogP contribution in [0.25, 0.3) is 15.8 Å². The van der Waals surface area contributed by atoms with Crippen LogP contribution >= 0.6 is 11.3 Å². The van der Waals surface area contributed by atoms with E-state index in [4.69, 9.17) is 5.73 Å². The van der Waals surface area contributed by atoms with Crippen molar-refractivity contribution in [2.45, 2.75) is 32.9 Å². The number of alkyl halides is 1. The number of fused-ring (bicyclic) bond motifs is 1. The second kappa shape index (κ2) is 8.86. The number of benzene rings is 1. The van der Waals surface area contributed by atoms with Gasteiger partial charge in [-0.15, -0.1) is 16.4 Å². The zero-order chi connectivity index (χ0) is 23.8. The fourth-order valence-electron chi connectivity index (χ4n) is 3.81. The van der Waals surface area contributed by atoms with E-state index in [1.165, 1.54) is 16.2 Å². The number of nitrogen functional groups attached to an aromatic ring is 1. The van der Waals surface area contributed by atoms with Crippen molar-refractivity contribution in [3.05, 3.63) is 70.4 Å². The average Bonchev–Trinajstić information content (AvgIpc) is 3.13. The number of carbonyl (C=O) groups is 1. The van der Waals surface area contributed by atoms with Crippen LogP contribution in [0.1, 0.15) is 45.4 Å². The zero-order valence-electron chi connectivity index (χ0n) is 18.9. The van der Waals surface area contributed by atoms with Gasteiger partial charge >= 0.3 is 0 Å². The summed E-state index contributed by atoms with van der Waals surface area (Å²) in [6.45, 7) is 9.77. The van der Waals surface area contributed by atoms with Crippen LogP contribution in [0.2, 0.25) is 0 Å². The number of amides is 1. The average molecular weight is 464 g/mol. The summed E-state index contributed by atoms with van der Waals surface area (Å²) < 4.78 is 15.5. The van der Waals surface area contributed by atoms with E-state index < -0.39 is 5.67 Å². The number of thiophene rings is 1. The maximum atomic E-state index is 15.5. The Labute approximate surface area is 196 Å². The first-order valence-corrected chi connectivity index (χ1v) is 11.5. The van der Waals surface area contributed by atoms with Gasteiger partial charge in [0.25, 0.3) is 5.91 Å². The molecule has 1 aliphatic heterocycles. The van der Waals surface area contributed by atoms with Crippen LogP contribution in [-0.4, -0.2) is 40.3 Å². The molecule has 0 radical (unpaired) electrons. The zero-order valence-corrected chi connectivity index (χ0v) is 19.7. The van der Waals surface area contributed by atoms with Crippen LogP contribution in [0.5, 0.6) is 0 Å². The summed E-state index contributed by atoms with van der Waals surface area (Å²) in [5.41, 5.74) is 8.99. The van der Waals surface area contributed by atoms with Crippen LogP contribution < -0.4 is 5.73 Å². The third-order valence-corrected chi connectivity index (χ3v) is 7.00. The molecule has 8 heteroatoms. The molecule has 1 amide bonds. The lowest BCUT2D eigenvalue weighted by molar-refractivity contribution is -0.0227. The summed E-state index contributed by atoms with van der Waals surface area (Å²) in [6, 6.07) is 7.18. The maximum absolute atomic E-state index is 15.5. The molecule has 3 heterocycles. The van der Waals surface area contributed by atoms with Crippen LogP contribution in [0, 0.1) is 13.8 Å². The van der Waals surface area contributed by atoms with E-state index in [9.17, 15) is 4.79 Å². The molecule has 1 saturated heterocycles. The number of nitrogens with two attached hydrogens (primary N) is 1. The molecule has 6 nitrogen and oxygen atoms in total. The monoisotopic (exact) mass is 463 g/mol. The van der Waals surface area contributed by atoms with Crippen molar-refractivity contribution < 1.29 is 9.18 Å². The summed E-state index contributed by atoms with van der Waals surface area (Å²) in [4.78, 5) is 19.7. The van der Waals surface area contributed by atoms with Gasteiger partial charge in [-0.3, -0.25) is 9.79 Å². The summed E-state index contributed by atoms with van der Waals surface area (Å²) in [7, 11) is 0. The number of rotatable bonds is 6. The lowest BCUT2D eigenvalue weighted by atomic mass is 9.87. The molecule has 0 atom stereocenters. The van der Waals surface area contributed by atoms with Crippen molar-refractivity contribution in [2.24, 2.45) is 4.99 Å². The van der Waals surface area contributed by atoms with Crippen molar-refractivity contribution in [2.75, 3.05) is 18.8 Å². The Hall–Kier alpha value is -3.39. The highest BCUT2D eigenvalue weighted by atomic mass is 32.1. The lowest BCUT2D eigenvalue weighted by Gasteiger charge is -2.44. The minimum absolute atomic E-state index is 0.0187. The molecule has 4 rings (SSSR count). The number of anilines is 1. The number of carbonyl (C=O) groups excluding carboxylic acids is 1. The number of hydrogen-bond acceptors (Lipinski definition) is 6. The Morgan fingerprint density at radius 3 is 2.67 bits per heavy atom. The third kappa shape index (κ3) is 4.18. The van der Waals surface area contributed by atoms with Crippen molar-refractivity contribution in [1.82, 2.24) is 15.1 Å². The number of hydrogen-bond donors (Lipinski definition) is 1. The maximum Gasteiger partial charge on any atom is 0.266 e. The van der Waals surface area contributed by atoms with Gasteiger partial charge in [-0.2, -0.15) is 5.10 Å². The van der Waals surface area contributed by atoms with Gasteiger partial charge in [-0.1, -0.05) is 37.8 Å². The molecular formula is C25H26FN5OS. The summed E-state index contributed by atoms with van der Waals surface area (Å²) in [5.74, 6) is -0.274. The van der Waals surface area contributed by atoms with Crippen LogP contribution in [0.3, 0.4) is 0 Å². The van der Waals surface area contributed by atoms with Gasteiger partial charge in [0.05, 0.1) is 24.5 Å². The first-order chi connectivity index (χ1) is 15.7. The Kier molecular flexibility index (Phi) is 6.12. The second-order valence-electron chi connectivity index (χ2n) is 8.22. The van der Waals surface area contributed by atoms with E-state index in [1.54, 1.807) is 18.3 Å². The first-order valence-electron chi connectivity index (χ1n) is 10.7. The van der Waals surface area contributed by atoms with Crippen molar-refractivity contribution >= 4 is 44.9 Å². The number of allylic oxidation sites excluding steroid dienone is 2. The van der Waals surface area contributed by atoms with Gasteiger partial charge < -0.3 is 10.6 Å². The molecule has 1 aromatic carbocycles. The fraction of sp³-hybridized carbons (Fsp3) is 0.280. The Bertz CT molecular complexity index is 1290. The predicted octanol–water partition coefficient (Wildman–Crippen LogP) is 5.22. The molecule has 1 fully saturated rings. The Morgan fingerprint density at radius 2 is 2.00 bits per heavy atom. The molecule has 0 unspecified atom stereocenters. The highest BCUT2D eigenvalue weighted by Crippen LogP contribution is 2.41. The highest BCUT2D eigenvalue weighted by molar-refractivity contribution is 7.21. The third-order valence-electron chi connectivity index (χ3n) is 5.92. The molecule has 170 valence electrons. The molecule has 1 aliphatic rings. The van der Waals surface area contributed by atoms with Gasteiger partial charge in [-0.25, -0.2) is 4.39 Å². The summed E-state index contributed by atoms with van der Waals surface area (Å²) >= 11 is 1.20. The van der Waals surface area contributed by atoms with Gasteiger partial charge in [0.1, 0.15) is 9.71 Å². The number of aromatic nitrogens is 2. The first kappa shape index (κ1) is 22.8. The molecular weight excluding hydrogens is 437 g/mol. The molecule has 2 N–H and O–H groups in total. The second-order valence-corrected chi connectivity index (χ2v) is 9.22. The predicted molar refractivity (Wildman–Crippen MR) is 133 cm³/mol. The molecule has 33 heavy (non-hydrogen) atoms. The Balaban J connectivity index is 1.46. The van der Waals surface area contributed by atoms with E-state index >= 15 is 4.39 Å². The SMILES string of the molecule is C=C(/C=C\N=CCC)c1ccc(C2(F)CN(C(=O)c3sc4nnc(C)c(C)c4c3N)C2)cc1. The van der Waals surface area contributed by atoms with E-state index in [1.807, 2.05) is 45.2 Å². The van der Waals surface area contributed by atoms with E-state index in [2.05, 4.69) is 21.8 Å². The summed E-state index contributed by atoms with van der Waals surface area (Å²) in [6.07, 6.45) is 6.19. The van der Waals surface area contributed by atoms with Crippen molar-refractivity contribution in [3.8, 4) is 0 Å². The van der Waals surface area contributed by atoms with Gasteiger partial charge in [0.15, 0.2) is 5.67 Å². The fourth-order valence-corrected chi connectivity index (χ4v) is 4.87. The van der Waals surface area contributed by atoms with Crippen LogP contribution in [-0.2, 0) is 5.67 Å². The molecule has 3 aromatic rings. The highest BCUT2D eigenvalue weighted by Gasteiger charge is 2.48. The standard InChI is InChI=1S/C25H26FN5OS/c1-5-11-28-12-10-15(2)18-6-8-19(9-7-18)25(26)13-31(14-25)24(32)22-21(27)20-16(3)17(4)29-30-23(20)33-22/h6-12H,2,5,13-14,27H2,1,3-4H3/b12-10-,28-11?. The largest absolute Gasteiger partial charge is 0.397 e. The molecule has 0 aliphatic carbocycles. The number of aliphatic imine (C=N–C) groups is 1. The number of likely N-dealkylation sites (tertiary alicyclic amines) is 1. The molecule has 0 saturated carbocycles. The van der Waals surface area contributed by atoms with Gasteiger partial charge in [0.2, 0.25) is 0 Å². The Morgan fingerprint density at radius 1 is 1.30 bits per heavy atom. The van der Waals surface area contributed by atoms with E-state index in [0.29, 0.717) is 21.0 Å². The quantitative estimate of drug-likeness (QED) is 0.401. The lowest BCUT2D eigenvalue weighted by Crippen LogP contribution is -2.58. The van der Waals surface area contributed by atoms with Crippen molar-refractivity contribution in [3.63, 3.8) is 0 Å². The molecule has 0 bridgehead atoms. The van der Waals surface area contributed by atoms with Crippen LogP contribution in [0.15, 0.2) is 48.1 Å². The van der Waals surface area contributed by atoms with E-state index in [-0.39, 0.29) is 19.0 Å². The number of aryl methyl sites for hydroxylation is 2. The molecule has 2 aromatic heterocycles. The topological polar surface area (TPSA) is 84.5 Å². The number of halogens is 1. The smallest absolute Gasteiger partial charge is 0.266 e. The number of nitrogens with zero attached hydrogens (tertiary/aromatic N) is 4. The summed E-state index contributed by atoms with van der Waals surface area (Å²) in [5, 5.41) is 9.03. The van der Waals surface area contributed by atoms with Crippen molar-refractivity contribution in [1.29, 1.82) is 0 Å². The van der Waals surface area contributed by atoms with Crippen LogP contribution in [0.4, 0.5) is 10.1 Å². The normalized spacial score (nSPS) is 15.5. The van der Waals surface area contributed by atoms with Gasteiger partial charge in [0, 0.05) is 17.8 Å². The van der Waals surface area contributed by atoms with E-state index in [0.717, 1.165) is 34.2 Å². The molecule has 0 spiro atoms.